The lowest BCUT2D eigenvalue weighted by atomic mass is 10.1. The summed E-state index contributed by atoms with van der Waals surface area (Å²) < 4.78 is 39.2. The molecule has 3 rings (SSSR count). The van der Waals surface area contributed by atoms with E-state index in [9.17, 15) is 18.0 Å². The SMILES string of the molecule is COc1ccc(S(=O)(=O)N(CC(=O)N(Cc2cccc(OC)c2)[C@H](C)C(=O)NCC(C)C)c2ccccc2)cc1. The van der Waals surface area contributed by atoms with Crippen molar-refractivity contribution in [2.75, 3.05) is 31.6 Å². The van der Waals surface area contributed by atoms with Crippen LogP contribution in [-0.2, 0) is 26.2 Å². The minimum absolute atomic E-state index is 0.00650. The molecule has 2 amide bonds. The van der Waals surface area contributed by atoms with Crippen LogP contribution in [0.15, 0.2) is 83.8 Å². The van der Waals surface area contributed by atoms with E-state index in [-0.39, 0.29) is 23.3 Å². The summed E-state index contributed by atoms with van der Waals surface area (Å²) in [5.41, 5.74) is 1.06. The van der Waals surface area contributed by atoms with Gasteiger partial charge in [0.25, 0.3) is 10.0 Å². The Morgan fingerprint density at radius 1 is 0.850 bits per heavy atom. The number of para-hydroxylation sites is 1. The molecule has 3 aromatic rings. The van der Waals surface area contributed by atoms with Gasteiger partial charge in [0.2, 0.25) is 11.8 Å². The predicted molar refractivity (Wildman–Crippen MR) is 155 cm³/mol. The Bertz CT molecular complexity index is 1380. The molecule has 0 aliphatic carbocycles. The maximum absolute atomic E-state index is 13.9. The van der Waals surface area contributed by atoms with Crippen LogP contribution >= 0.6 is 0 Å². The van der Waals surface area contributed by atoms with Crippen molar-refractivity contribution >= 4 is 27.5 Å². The zero-order valence-corrected chi connectivity index (χ0v) is 24.4. The Morgan fingerprint density at radius 3 is 2.10 bits per heavy atom. The molecule has 9 nitrogen and oxygen atoms in total. The van der Waals surface area contributed by atoms with Crippen LogP contribution in [0.4, 0.5) is 5.69 Å². The third-order valence-corrected chi connectivity index (χ3v) is 8.10. The number of amides is 2. The minimum Gasteiger partial charge on any atom is -0.497 e. The Kier molecular flexibility index (Phi) is 10.6. The Labute approximate surface area is 236 Å². The third-order valence-electron chi connectivity index (χ3n) is 6.31. The van der Waals surface area contributed by atoms with Crippen molar-refractivity contribution in [3.05, 3.63) is 84.4 Å². The molecular weight excluding hydrogens is 530 g/mol. The second-order valence-electron chi connectivity index (χ2n) is 9.71. The first-order valence-corrected chi connectivity index (χ1v) is 14.4. The molecule has 40 heavy (non-hydrogen) atoms. The van der Waals surface area contributed by atoms with Crippen LogP contribution in [0.25, 0.3) is 0 Å². The quantitative estimate of drug-likeness (QED) is 0.334. The molecule has 1 N–H and O–H groups in total. The number of benzene rings is 3. The van der Waals surface area contributed by atoms with E-state index in [2.05, 4.69) is 5.32 Å². The van der Waals surface area contributed by atoms with Crippen molar-refractivity contribution < 1.29 is 27.5 Å². The molecule has 0 heterocycles. The summed E-state index contributed by atoms with van der Waals surface area (Å²) in [6.07, 6.45) is 0. The van der Waals surface area contributed by atoms with Crippen molar-refractivity contribution in [2.45, 2.75) is 38.3 Å². The predicted octanol–water partition coefficient (Wildman–Crippen LogP) is 4.09. The average Bonchev–Trinajstić information content (AvgIpc) is 2.97. The van der Waals surface area contributed by atoms with Gasteiger partial charge < -0.3 is 19.7 Å². The number of hydrogen-bond donors (Lipinski definition) is 1. The molecule has 0 aromatic heterocycles. The van der Waals surface area contributed by atoms with Crippen LogP contribution in [0.1, 0.15) is 26.3 Å². The number of nitrogens with one attached hydrogen (secondary N) is 1. The summed E-state index contributed by atoms with van der Waals surface area (Å²) in [6.45, 7) is 5.62. The summed E-state index contributed by atoms with van der Waals surface area (Å²) in [4.78, 5) is 28.4. The standard InChI is InChI=1S/C30H37N3O6S/c1-22(2)19-31-30(35)23(3)32(20-24-10-9-13-27(18-24)39-5)29(34)21-33(25-11-7-6-8-12-25)40(36,37)28-16-14-26(38-4)15-17-28/h6-18,22-23H,19-21H2,1-5H3,(H,31,35)/t23-/m1/s1. The molecule has 0 saturated carbocycles. The molecule has 0 aliphatic heterocycles. The molecule has 0 bridgehead atoms. The lowest BCUT2D eigenvalue weighted by Crippen LogP contribution is -2.51. The van der Waals surface area contributed by atoms with Crippen molar-refractivity contribution in [1.82, 2.24) is 10.2 Å². The average molecular weight is 568 g/mol. The smallest absolute Gasteiger partial charge is 0.264 e. The topological polar surface area (TPSA) is 105 Å². The first-order valence-electron chi connectivity index (χ1n) is 13.0. The number of anilines is 1. The van der Waals surface area contributed by atoms with Gasteiger partial charge in [0.15, 0.2) is 0 Å². The molecule has 3 aromatic carbocycles. The molecule has 0 fully saturated rings. The summed E-state index contributed by atoms with van der Waals surface area (Å²) in [6, 6.07) is 20.7. The fourth-order valence-corrected chi connectivity index (χ4v) is 5.41. The lowest BCUT2D eigenvalue weighted by molar-refractivity contribution is -0.139. The van der Waals surface area contributed by atoms with E-state index < -0.39 is 28.5 Å². The molecule has 0 unspecified atom stereocenters. The molecule has 0 spiro atoms. The van der Waals surface area contributed by atoms with Crippen LogP contribution in [0.3, 0.4) is 0 Å². The third kappa shape index (κ3) is 7.75. The molecular formula is C30H37N3O6S. The summed E-state index contributed by atoms with van der Waals surface area (Å²) >= 11 is 0. The van der Waals surface area contributed by atoms with Crippen molar-refractivity contribution in [2.24, 2.45) is 5.92 Å². The number of nitrogens with zero attached hydrogens (tertiary/aromatic N) is 2. The van der Waals surface area contributed by atoms with Crippen LogP contribution in [0, 0.1) is 5.92 Å². The number of carbonyl (C=O) groups is 2. The van der Waals surface area contributed by atoms with E-state index in [4.69, 9.17) is 9.47 Å². The Hall–Kier alpha value is -4.05. The molecule has 1 atom stereocenters. The molecule has 0 saturated heterocycles. The Morgan fingerprint density at radius 2 is 1.50 bits per heavy atom. The largest absolute Gasteiger partial charge is 0.497 e. The number of methoxy groups -OCH3 is 2. The van der Waals surface area contributed by atoms with Crippen molar-refractivity contribution in [3.63, 3.8) is 0 Å². The Balaban J connectivity index is 1.99. The van der Waals surface area contributed by atoms with Gasteiger partial charge in [-0.1, -0.05) is 44.2 Å². The lowest BCUT2D eigenvalue weighted by Gasteiger charge is -2.32. The second-order valence-corrected chi connectivity index (χ2v) is 11.6. The van der Waals surface area contributed by atoms with Gasteiger partial charge in [-0.15, -0.1) is 0 Å². The highest BCUT2D eigenvalue weighted by Crippen LogP contribution is 2.26. The molecule has 214 valence electrons. The zero-order valence-electron chi connectivity index (χ0n) is 23.5. The summed E-state index contributed by atoms with van der Waals surface area (Å²) in [5.74, 6) is 0.480. The van der Waals surface area contributed by atoms with Crippen molar-refractivity contribution in [1.29, 1.82) is 0 Å². The first kappa shape index (κ1) is 30.5. The number of sulfonamides is 1. The number of carbonyl (C=O) groups excluding carboxylic acids is 2. The van der Waals surface area contributed by atoms with Gasteiger partial charge in [0, 0.05) is 13.1 Å². The van der Waals surface area contributed by atoms with Gasteiger partial charge >= 0.3 is 0 Å². The maximum Gasteiger partial charge on any atom is 0.264 e. The minimum atomic E-state index is -4.15. The fraction of sp³-hybridized carbons (Fsp3) is 0.333. The summed E-state index contributed by atoms with van der Waals surface area (Å²) in [7, 11) is -1.11. The van der Waals surface area contributed by atoms with E-state index >= 15 is 0 Å². The van der Waals surface area contributed by atoms with Gasteiger partial charge in [-0.3, -0.25) is 13.9 Å². The van der Waals surface area contributed by atoms with Crippen LogP contribution < -0.4 is 19.1 Å². The van der Waals surface area contributed by atoms with Gasteiger partial charge in [0.05, 0.1) is 24.8 Å². The van der Waals surface area contributed by atoms with Crippen molar-refractivity contribution in [3.8, 4) is 11.5 Å². The second kappa shape index (κ2) is 13.8. The van der Waals surface area contributed by atoms with Crippen LogP contribution in [-0.4, -0.2) is 58.5 Å². The van der Waals surface area contributed by atoms with E-state index in [0.29, 0.717) is 23.7 Å². The molecule has 10 heteroatoms. The number of hydrogen-bond acceptors (Lipinski definition) is 6. The highest BCUT2D eigenvalue weighted by Gasteiger charge is 2.32. The summed E-state index contributed by atoms with van der Waals surface area (Å²) in [5, 5.41) is 2.88. The highest BCUT2D eigenvalue weighted by atomic mass is 32.2. The van der Waals surface area contributed by atoms with E-state index in [1.807, 2.05) is 19.9 Å². The van der Waals surface area contributed by atoms with Crippen LogP contribution in [0.2, 0.25) is 0 Å². The first-order chi connectivity index (χ1) is 19.1. The van der Waals surface area contributed by atoms with E-state index in [1.54, 1.807) is 74.7 Å². The van der Waals surface area contributed by atoms with Crippen LogP contribution in [0.5, 0.6) is 11.5 Å². The van der Waals surface area contributed by atoms with Gasteiger partial charge in [-0.05, 0) is 66.9 Å². The highest BCUT2D eigenvalue weighted by molar-refractivity contribution is 7.92. The molecule has 0 aliphatic rings. The van der Waals surface area contributed by atoms with Gasteiger partial charge in [0.1, 0.15) is 24.1 Å². The van der Waals surface area contributed by atoms with Gasteiger partial charge in [-0.25, -0.2) is 8.42 Å². The van der Waals surface area contributed by atoms with E-state index in [1.165, 1.54) is 24.1 Å². The molecule has 0 radical (unpaired) electrons. The number of ether oxygens (including phenoxy) is 2. The normalized spacial score (nSPS) is 11.9. The maximum atomic E-state index is 13.9. The monoisotopic (exact) mass is 567 g/mol. The number of rotatable bonds is 13. The van der Waals surface area contributed by atoms with Gasteiger partial charge in [-0.2, -0.15) is 0 Å². The van der Waals surface area contributed by atoms with E-state index in [0.717, 1.165) is 9.87 Å². The zero-order chi connectivity index (χ0) is 29.3. The fourth-order valence-electron chi connectivity index (χ4n) is 4.00.